The van der Waals surface area contributed by atoms with E-state index in [0.717, 1.165) is 0 Å². The first kappa shape index (κ1) is 14.9. The van der Waals surface area contributed by atoms with E-state index in [9.17, 15) is 14.7 Å². The van der Waals surface area contributed by atoms with Crippen molar-refractivity contribution >= 4 is 11.9 Å². The largest absolute Gasteiger partial charge is 0.481 e. The lowest BCUT2D eigenvalue weighted by atomic mass is 10.0. The van der Waals surface area contributed by atoms with Gasteiger partial charge in [0, 0.05) is 33.1 Å². The molecule has 0 fully saturated rings. The normalized spacial score (nSPS) is 14.2. The minimum atomic E-state index is -1.03. The number of rotatable bonds is 8. The van der Waals surface area contributed by atoms with Crippen molar-refractivity contribution in [2.45, 2.75) is 31.8 Å². The van der Waals surface area contributed by atoms with E-state index in [1.807, 2.05) is 0 Å². The number of hydrogen-bond acceptors (Lipinski definition) is 4. The third-order valence-corrected chi connectivity index (χ3v) is 2.08. The number of carbonyl (C=O) groups is 2. The number of hydrogen-bond donors (Lipinski definition) is 3. The van der Waals surface area contributed by atoms with Crippen LogP contribution in [0.4, 0.5) is 0 Å². The van der Waals surface area contributed by atoms with Crippen LogP contribution in [0.2, 0.25) is 0 Å². The number of carboxylic acid groups (broad SMARTS) is 1. The van der Waals surface area contributed by atoms with Crippen LogP contribution in [0.15, 0.2) is 0 Å². The van der Waals surface area contributed by atoms with Crippen LogP contribution in [0.3, 0.4) is 0 Å². The molecule has 0 aromatic carbocycles. The molecule has 6 heteroatoms. The third-order valence-electron chi connectivity index (χ3n) is 2.08. The van der Waals surface area contributed by atoms with Crippen LogP contribution in [0, 0.1) is 0 Å². The highest BCUT2D eigenvalue weighted by Gasteiger charge is 2.20. The molecule has 0 rings (SSSR count). The van der Waals surface area contributed by atoms with E-state index in [2.05, 4.69) is 5.32 Å². The fourth-order valence-electron chi connectivity index (χ4n) is 1.01. The average Bonchev–Trinajstić information content (AvgIpc) is 2.21. The average molecular weight is 233 g/mol. The fourth-order valence-corrected chi connectivity index (χ4v) is 1.01. The Balaban J connectivity index is 3.76. The minimum Gasteiger partial charge on any atom is -0.481 e. The molecule has 0 aliphatic rings. The zero-order valence-electron chi connectivity index (χ0n) is 9.65. The van der Waals surface area contributed by atoms with E-state index in [1.165, 1.54) is 7.11 Å². The van der Waals surface area contributed by atoms with Crippen molar-refractivity contribution in [2.75, 3.05) is 20.3 Å². The van der Waals surface area contributed by atoms with E-state index >= 15 is 0 Å². The summed E-state index contributed by atoms with van der Waals surface area (Å²) in [7, 11) is 1.53. The van der Waals surface area contributed by atoms with Gasteiger partial charge >= 0.3 is 5.97 Å². The first-order valence-electron chi connectivity index (χ1n) is 5.07. The van der Waals surface area contributed by atoms with E-state index in [0.29, 0.717) is 13.0 Å². The number of ether oxygens (including phenoxy) is 1. The minimum absolute atomic E-state index is 0.0737. The molecule has 1 atom stereocenters. The number of nitrogens with one attached hydrogen (secondary N) is 1. The van der Waals surface area contributed by atoms with Gasteiger partial charge in [-0.05, 0) is 6.92 Å². The lowest BCUT2D eigenvalue weighted by Crippen LogP contribution is -2.41. The molecule has 3 N–H and O–H groups in total. The van der Waals surface area contributed by atoms with Crippen molar-refractivity contribution in [3.8, 4) is 0 Å². The number of carbonyl (C=O) groups excluding carboxylic acids is 1. The Hall–Kier alpha value is -1.14. The SMILES string of the molecule is COCCC(C)(O)CNC(=O)CCC(=O)O. The Kier molecular flexibility index (Phi) is 6.67. The second kappa shape index (κ2) is 7.19. The maximum absolute atomic E-state index is 11.2. The number of aliphatic hydroxyl groups is 1. The summed E-state index contributed by atoms with van der Waals surface area (Å²) in [5, 5.41) is 20.6. The summed E-state index contributed by atoms with van der Waals surface area (Å²) in [6.07, 6.45) is 0.129. The molecule has 0 spiro atoms. The van der Waals surface area contributed by atoms with Gasteiger partial charge in [-0.3, -0.25) is 9.59 Å². The lowest BCUT2D eigenvalue weighted by molar-refractivity contribution is -0.138. The van der Waals surface area contributed by atoms with Crippen molar-refractivity contribution in [2.24, 2.45) is 0 Å². The fraction of sp³-hybridized carbons (Fsp3) is 0.800. The Morgan fingerprint density at radius 2 is 2.00 bits per heavy atom. The molecule has 0 heterocycles. The molecule has 0 saturated heterocycles. The zero-order chi connectivity index (χ0) is 12.6. The van der Waals surface area contributed by atoms with Crippen molar-refractivity contribution in [1.29, 1.82) is 0 Å². The topological polar surface area (TPSA) is 95.9 Å². The molecule has 0 aliphatic heterocycles. The van der Waals surface area contributed by atoms with Gasteiger partial charge in [0.15, 0.2) is 0 Å². The summed E-state index contributed by atoms with van der Waals surface area (Å²) < 4.78 is 4.81. The van der Waals surface area contributed by atoms with E-state index < -0.39 is 11.6 Å². The maximum atomic E-state index is 11.2. The van der Waals surface area contributed by atoms with Gasteiger partial charge in [-0.1, -0.05) is 0 Å². The third kappa shape index (κ3) is 8.19. The second-order valence-corrected chi connectivity index (χ2v) is 3.91. The molecule has 0 aliphatic carbocycles. The first-order chi connectivity index (χ1) is 7.37. The number of aliphatic carboxylic acids is 1. The van der Waals surface area contributed by atoms with Gasteiger partial charge < -0.3 is 20.3 Å². The molecule has 0 bridgehead atoms. The highest BCUT2D eigenvalue weighted by atomic mass is 16.5. The van der Waals surface area contributed by atoms with Crippen molar-refractivity contribution < 1.29 is 24.5 Å². The quantitative estimate of drug-likeness (QED) is 0.537. The zero-order valence-corrected chi connectivity index (χ0v) is 9.65. The van der Waals surface area contributed by atoms with Crippen molar-refractivity contribution in [1.82, 2.24) is 5.32 Å². The van der Waals surface area contributed by atoms with Crippen molar-refractivity contribution in [3.05, 3.63) is 0 Å². The number of methoxy groups -OCH3 is 1. The monoisotopic (exact) mass is 233 g/mol. The Bertz CT molecular complexity index is 239. The molecule has 0 radical (unpaired) electrons. The number of amides is 1. The standard InChI is InChI=1S/C10H19NO5/c1-10(15,5-6-16-2)7-11-8(12)3-4-9(13)14/h15H,3-7H2,1-2H3,(H,11,12)(H,13,14). The molecule has 6 nitrogen and oxygen atoms in total. The smallest absolute Gasteiger partial charge is 0.303 e. The number of carboxylic acids is 1. The van der Waals surface area contributed by atoms with Gasteiger partial charge in [0.1, 0.15) is 0 Å². The summed E-state index contributed by atoms with van der Waals surface area (Å²) in [4.78, 5) is 21.4. The van der Waals surface area contributed by atoms with E-state index in [1.54, 1.807) is 6.92 Å². The van der Waals surface area contributed by atoms with Gasteiger partial charge in [0.2, 0.25) is 5.91 Å². The lowest BCUT2D eigenvalue weighted by Gasteiger charge is -2.23. The van der Waals surface area contributed by atoms with Gasteiger partial charge in [0.05, 0.1) is 12.0 Å². The Labute approximate surface area is 94.6 Å². The predicted octanol–water partition coefficient (Wildman–Crippen LogP) is -0.245. The summed E-state index contributed by atoms with van der Waals surface area (Å²) >= 11 is 0. The molecule has 1 amide bonds. The Morgan fingerprint density at radius 3 is 2.50 bits per heavy atom. The van der Waals surface area contributed by atoms with Crippen molar-refractivity contribution in [3.63, 3.8) is 0 Å². The van der Waals surface area contributed by atoms with Crippen LogP contribution < -0.4 is 5.32 Å². The van der Waals surface area contributed by atoms with Crippen LogP contribution in [0.1, 0.15) is 26.2 Å². The van der Waals surface area contributed by atoms with Crippen LogP contribution in [-0.4, -0.2) is 48.0 Å². The van der Waals surface area contributed by atoms with Gasteiger partial charge in [-0.25, -0.2) is 0 Å². The van der Waals surface area contributed by atoms with Gasteiger partial charge in [-0.15, -0.1) is 0 Å². The first-order valence-corrected chi connectivity index (χ1v) is 5.07. The van der Waals surface area contributed by atoms with E-state index in [-0.39, 0.29) is 25.3 Å². The molecule has 0 aromatic heterocycles. The van der Waals surface area contributed by atoms with E-state index in [4.69, 9.17) is 9.84 Å². The second-order valence-electron chi connectivity index (χ2n) is 3.91. The Morgan fingerprint density at radius 1 is 1.38 bits per heavy atom. The van der Waals surface area contributed by atoms with Crippen LogP contribution in [0.25, 0.3) is 0 Å². The summed E-state index contributed by atoms with van der Waals surface area (Å²) in [5.74, 6) is -1.39. The molecular weight excluding hydrogens is 214 g/mol. The molecule has 0 saturated carbocycles. The summed E-state index contributed by atoms with van der Waals surface area (Å²) in [6.45, 7) is 2.08. The molecule has 1 unspecified atom stereocenters. The summed E-state index contributed by atoms with van der Waals surface area (Å²) in [5.41, 5.74) is -1.03. The van der Waals surface area contributed by atoms with Gasteiger partial charge in [-0.2, -0.15) is 0 Å². The van der Waals surface area contributed by atoms with Crippen LogP contribution in [-0.2, 0) is 14.3 Å². The van der Waals surface area contributed by atoms with Crippen LogP contribution >= 0.6 is 0 Å². The molecule has 0 aromatic rings. The van der Waals surface area contributed by atoms with Crippen LogP contribution in [0.5, 0.6) is 0 Å². The summed E-state index contributed by atoms with van der Waals surface area (Å²) in [6, 6.07) is 0. The van der Waals surface area contributed by atoms with Gasteiger partial charge in [0.25, 0.3) is 0 Å². The molecular formula is C10H19NO5. The molecule has 16 heavy (non-hydrogen) atoms. The highest BCUT2D eigenvalue weighted by Crippen LogP contribution is 2.07. The molecule has 94 valence electrons. The predicted molar refractivity (Wildman–Crippen MR) is 57.0 cm³/mol. The maximum Gasteiger partial charge on any atom is 0.303 e. The highest BCUT2D eigenvalue weighted by molar-refractivity contribution is 5.80.